The van der Waals surface area contributed by atoms with Crippen molar-refractivity contribution >= 4 is 73.4 Å². The van der Waals surface area contributed by atoms with E-state index in [0.717, 1.165) is 27.9 Å². The summed E-state index contributed by atoms with van der Waals surface area (Å²) in [5.41, 5.74) is 7.88. The summed E-state index contributed by atoms with van der Waals surface area (Å²) in [6, 6.07) is 73.9. The molecule has 0 aliphatic carbocycles. The third kappa shape index (κ3) is 5.74. The van der Waals surface area contributed by atoms with Gasteiger partial charge in [-0.1, -0.05) is 120 Å². The van der Waals surface area contributed by atoms with Crippen LogP contribution in [0.15, 0.2) is 188 Å². The molecule has 0 radical (unpaired) electrons. The molecule has 0 N–H and O–H groups in total. The number of hydrogen-bond acceptors (Lipinski definition) is 3. The van der Waals surface area contributed by atoms with Gasteiger partial charge in [0.25, 0.3) is 0 Å². The molecular formula is C49H36N4PtSi. The molecule has 0 amide bonds. The average Bonchev–Trinajstić information content (AvgIpc) is 3.79. The van der Waals surface area contributed by atoms with Gasteiger partial charge in [0.1, 0.15) is 13.9 Å². The number of hydrogen-bond donors (Lipinski definition) is 0. The van der Waals surface area contributed by atoms with Gasteiger partial charge in [-0.25, -0.2) is 4.98 Å². The van der Waals surface area contributed by atoms with E-state index in [1.165, 1.54) is 48.8 Å². The fraction of sp³-hybridized carbons (Fsp3) is 0.0408. The van der Waals surface area contributed by atoms with Crippen LogP contribution in [0.25, 0.3) is 27.6 Å². The van der Waals surface area contributed by atoms with E-state index in [1.54, 1.807) is 0 Å². The molecule has 6 heteroatoms. The van der Waals surface area contributed by atoms with Crippen molar-refractivity contribution in [1.82, 2.24) is 9.55 Å². The molecule has 9 aromatic rings. The zero-order valence-corrected chi connectivity index (χ0v) is 33.5. The summed E-state index contributed by atoms with van der Waals surface area (Å²) in [4.78, 5) is 9.67. The van der Waals surface area contributed by atoms with Crippen LogP contribution in [0, 0.1) is 19.1 Å². The van der Waals surface area contributed by atoms with Crippen molar-refractivity contribution in [3.8, 4) is 5.82 Å². The zero-order valence-electron chi connectivity index (χ0n) is 30.2. The standard InChI is InChI=1S/C49H36N4Si.Pt/c1-36-30-31-50-49(32-36)53-45-25-12-11-24-43(45)44-29-28-42(34-48(44)53)54(39-19-7-3-8-20-39,40-21-9-4-10-22-40)41-23-15-18-38(33-41)52-35-51(37-16-5-2-6-17-37)46-26-13-14-27-47(46)52;/h2-32H,35H2,1H3;/q-2;+2. The first kappa shape index (κ1) is 34.7. The van der Waals surface area contributed by atoms with Crippen LogP contribution in [0.5, 0.6) is 0 Å². The fourth-order valence-electron chi connectivity index (χ4n) is 8.38. The fourth-order valence-corrected chi connectivity index (χ4v) is 12.9. The van der Waals surface area contributed by atoms with Gasteiger partial charge in [0.05, 0.1) is 18.0 Å². The monoisotopic (exact) mass is 903 g/mol. The number of rotatable bonds is 7. The van der Waals surface area contributed by atoms with Gasteiger partial charge in [-0.3, -0.25) is 0 Å². The maximum atomic E-state index is 4.89. The molecule has 0 unspecified atom stereocenters. The molecule has 0 spiro atoms. The normalized spacial score (nSPS) is 12.5. The van der Waals surface area contributed by atoms with Crippen molar-refractivity contribution in [1.29, 1.82) is 0 Å². The molecule has 7 aromatic carbocycles. The molecule has 55 heavy (non-hydrogen) atoms. The Hall–Kier alpha value is -6.00. The predicted octanol–water partition coefficient (Wildman–Crippen LogP) is 8.71. The van der Waals surface area contributed by atoms with Crippen LogP contribution in [-0.2, 0) is 21.1 Å². The van der Waals surface area contributed by atoms with E-state index in [4.69, 9.17) is 4.98 Å². The minimum atomic E-state index is -3.04. The van der Waals surface area contributed by atoms with E-state index in [-0.39, 0.29) is 21.1 Å². The van der Waals surface area contributed by atoms with Gasteiger partial charge in [0.15, 0.2) is 0 Å². The van der Waals surface area contributed by atoms with E-state index in [9.17, 15) is 0 Å². The first-order valence-electron chi connectivity index (χ1n) is 18.4. The summed E-state index contributed by atoms with van der Waals surface area (Å²) < 4.78 is 2.29. The summed E-state index contributed by atoms with van der Waals surface area (Å²) in [6.45, 7) is 2.81. The zero-order chi connectivity index (χ0) is 36.1. The Morgan fingerprint density at radius 3 is 1.87 bits per heavy atom. The van der Waals surface area contributed by atoms with Gasteiger partial charge < -0.3 is 14.4 Å². The first-order valence-corrected chi connectivity index (χ1v) is 20.4. The average molecular weight is 904 g/mol. The molecule has 2 aromatic heterocycles. The second-order valence-corrected chi connectivity index (χ2v) is 17.7. The van der Waals surface area contributed by atoms with Gasteiger partial charge in [-0.2, -0.15) is 46.8 Å². The van der Waals surface area contributed by atoms with Crippen LogP contribution in [-0.4, -0.2) is 24.3 Å². The van der Waals surface area contributed by atoms with E-state index in [2.05, 4.69) is 215 Å². The number of fused-ring (bicyclic) bond motifs is 4. The number of aromatic nitrogens is 2. The molecule has 0 saturated carbocycles. The van der Waals surface area contributed by atoms with Gasteiger partial charge in [0, 0.05) is 17.4 Å². The van der Waals surface area contributed by atoms with Gasteiger partial charge in [-0.15, -0.1) is 11.5 Å². The molecule has 0 fully saturated rings. The van der Waals surface area contributed by atoms with Crippen molar-refractivity contribution in [2.45, 2.75) is 6.92 Å². The van der Waals surface area contributed by atoms with Crippen LogP contribution >= 0.6 is 0 Å². The molecule has 4 nitrogen and oxygen atoms in total. The molecule has 1 aliphatic heterocycles. The largest absolute Gasteiger partial charge is 2.00 e. The minimum Gasteiger partial charge on any atom is -0.345 e. The Balaban J connectivity index is 0.00000397. The molecule has 0 bridgehead atoms. The molecule has 0 saturated heterocycles. The van der Waals surface area contributed by atoms with Gasteiger partial charge >= 0.3 is 21.1 Å². The van der Waals surface area contributed by atoms with Crippen molar-refractivity contribution in [2.24, 2.45) is 0 Å². The predicted molar refractivity (Wildman–Crippen MR) is 227 cm³/mol. The Bertz CT molecular complexity index is 2750. The first-order chi connectivity index (χ1) is 26.7. The summed E-state index contributed by atoms with van der Waals surface area (Å²) in [6.07, 6.45) is 1.90. The van der Waals surface area contributed by atoms with Crippen LogP contribution in [0.1, 0.15) is 5.56 Å². The van der Waals surface area contributed by atoms with Crippen molar-refractivity contribution in [3.63, 3.8) is 0 Å². The quantitative estimate of drug-likeness (QED) is 0.0910. The third-order valence-electron chi connectivity index (χ3n) is 10.8. The van der Waals surface area contributed by atoms with Crippen LogP contribution in [0.2, 0.25) is 0 Å². The molecule has 266 valence electrons. The van der Waals surface area contributed by atoms with Crippen LogP contribution in [0.4, 0.5) is 22.7 Å². The van der Waals surface area contributed by atoms with E-state index >= 15 is 0 Å². The molecule has 10 rings (SSSR count). The topological polar surface area (TPSA) is 24.3 Å². The number of benzene rings is 7. The Morgan fingerprint density at radius 2 is 1.16 bits per heavy atom. The smallest absolute Gasteiger partial charge is 0.345 e. The van der Waals surface area contributed by atoms with Gasteiger partial charge in [-0.05, 0) is 70.7 Å². The van der Waals surface area contributed by atoms with Crippen molar-refractivity contribution in [3.05, 3.63) is 206 Å². The second kappa shape index (κ2) is 14.3. The summed E-state index contributed by atoms with van der Waals surface area (Å²) in [5.74, 6) is 0.894. The Kier molecular flexibility index (Phi) is 9.05. The summed E-state index contributed by atoms with van der Waals surface area (Å²) in [7, 11) is -3.04. The summed E-state index contributed by atoms with van der Waals surface area (Å²) in [5, 5.41) is 7.27. The van der Waals surface area contributed by atoms with Crippen molar-refractivity contribution < 1.29 is 21.1 Å². The minimum absolute atomic E-state index is 0. The maximum Gasteiger partial charge on any atom is 2.00 e. The Morgan fingerprint density at radius 1 is 0.545 bits per heavy atom. The second-order valence-electron chi connectivity index (χ2n) is 13.9. The van der Waals surface area contributed by atoms with Crippen molar-refractivity contribution in [2.75, 3.05) is 16.5 Å². The number of pyridine rings is 1. The van der Waals surface area contributed by atoms with Gasteiger partial charge in [0.2, 0.25) is 0 Å². The third-order valence-corrected chi connectivity index (χ3v) is 15.4. The maximum absolute atomic E-state index is 4.89. The summed E-state index contributed by atoms with van der Waals surface area (Å²) >= 11 is 0. The number of aryl methyl sites for hydroxylation is 1. The van der Waals surface area contributed by atoms with Crippen LogP contribution < -0.4 is 30.5 Å². The number of anilines is 4. The SMILES string of the molecule is Cc1ccnc(-n2c3[c-]c([Si](c4[c-]c(N5CN(c6ccccc6)c6ccccc65)ccc4)(c4ccccc4)c4ccccc4)ccc3c3ccccc32)c1.[Pt+2]. The molecular weight excluding hydrogens is 868 g/mol. The van der Waals surface area contributed by atoms with E-state index < -0.39 is 8.07 Å². The molecule has 0 atom stereocenters. The van der Waals surface area contributed by atoms with E-state index in [0.29, 0.717) is 6.67 Å². The number of para-hydroxylation sites is 4. The molecule has 3 heterocycles. The van der Waals surface area contributed by atoms with Crippen LogP contribution in [0.3, 0.4) is 0 Å². The Labute approximate surface area is 337 Å². The number of nitrogens with zero attached hydrogens (tertiary/aromatic N) is 4. The van der Waals surface area contributed by atoms with E-state index in [1.807, 2.05) is 6.20 Å². The molecule has 1 aliphatic rings.